The highest BCUT2D eigenvalue weighted by atomic mass is 32.1. The summed E-state index contributed by atoms with van der Waals surface area (Å²) in [6.45, 7) is 1.83. The number of nitrogens with one attached hydrogen (secondary N) is 2. The summed E-state index contributed by atoms with van der Waals surface area (Å²) in [5, 5.41) is 15.3. The molecule has 0 unspecified atom stereocenters. The lowest BCUT2D eigenvalue weighted by atomic mass is 10.2. The van der Waals surface area contributed by atoms with Crippen molar-refractivity contribution in [2.45, 2.75) is 32.2 Å². The van der Waals surface area contributed by atoms with Crippen molar-refractivity contribution >= 4 is 28.2 Å². The molecule has 0 saturated heterocycles. The molecule has 19 heavy (non-hydrogen) atoms. The van der Waals surface area contributed by atoms with Crippen molar-refractivity contribution < 1.29 is 14.7 Å². The number of hydrogen-bond donors (Lipinski definition) is 3. The van der Waals surface area contributed by atoms with Crippen LogP contribution in [0.2, 0.25) is 0 Å². The van der Waals surface area contributed by atoms with Gasteiger partial charge in [-0.05, 0) is 31.4 Å². The summed E-state index contributed by atoms with van der Waals surface area (Å²) in [6.07, 6.45) is 2.59. The average Bonchev–Trinajstić information content (AvgIpc) is 3.16. The standard InChI is InChI=1S/C13H18N2O3S/c1-2-9(7-16)14-13(18)10-5-6-11(19-10)15-12(17)8-3-4-8/h5-6,8-9,16H,2-4,7H2,1H3,(H,14,18)(H,15,17)/t9-/m0/s1. The van der Waals surface area contributed by atoms with E-state index in [4.69, 9.17) is 5.11 Å². The number of thiophene rings is 1. The summed E-state index contributed by atoms with van der Waals surface area (Å²) >= 11 is 1.25. The Morgan fingerprint density at radius 1 is 1.47 bits per heavy atom. The molecule has 0 aliphatic heterocycles. The Morgan fingerprint density at radius 3 is 2.79 bits per heavy atom. The molecule has 1 fully saturated rings. The van der Waals surface area contributed by atoms with E-state index in [1.54, 1.807) is 12.1 Å². The largest absolute Gasteiger partial charge is 0.394 e. The van der Waals surface area contributed by atoms with Crippen molar-refractivity contribution in [2.75, 3.05) is 11.9 Å². The van der Waals surface area contributed by atoms with Gasteiger partial charge in [-0.1, -0.05) is 6.92 Å². The van der Waals surface area contributed by atoms with Crippen molar-refractivity contribution in [3.05, 3.63) is 17.0 Å². The van der Waals surface area contributed by atoms with Crippen LogP contribution in [0.4, 0.5) is 5.00 Å². The highest BCUT2D eigenvalue weighted by Crippen LogP contribution is 2.31. The van der Waals surface area contributed by atoms with Gasteiger partial charge >= 0.3 is 0 Å². The van der Waals surface area contributed by atoms with Gasteiger partial charge in [-0.2, -0.15) is 0 Å². The lowest BCUT2D eigenvalue weighted by Gasteiger charge is -2.12. The fourth-order valence-corrected chi connectivity index (χ4v) is 2.44. The molecular formula is C13H18N2O3S. The van der Waals surface area contributed by atoms with Crippen LogP contribution in [0.3, 0.4) is 0 Å². The molecule has 2 rings (SSSR count). The third kappa shape index (κ3) is 3.78. The molecule has 1 aliphatic rings. The molecule has 0 aromatic carbocycles. The number of amides is 2. The van der Waals surface area contributed by atoms with E-state index >= 15 is 0 Å². The van der Waals surface area contributed by atoms with Gasteiger partial charge in [-0.15, -0.1) is 11.3 Å². The van der Waals surface area contributed by atoms with Gasteiger partial charge in [-0.3, -0.25) is 9.59 Å². The van der Waals surface area contributed by atoms with Crippen molar-refractivity contribution in [3.63, 3.8) is 0 Å². The molecule has 1 heterocycles. The molecule has 0 spiro atoms. The maximum atomic E-state index is 11.9. The Kier molecular flexibility index (Phi) is 4.55. The third-order valence-corrected chi connectivity index (χ3v) is 4.07. The minimum absolute atomic E-state index is 0.0376. The van der Waals surface area contributed by atoms with Gasteiger partial charge in [0.15, 0.2) is 0 Å². The zero-order valence-corrected chi connectivity index (χ0v) is 11.6. The Morgan fingerprint density at radius 2 is 2.21 bits per heavy atom. The first-order chi connectivity index (χ1) is 9.13. The fourth-order valence-electron chi connectivity index (χ4n) is 1.63. The van der Waals surface area contributed by atoms with Crippen molar-refractivity contribution in [3.8, 4) is 0 Å². The lowest BCUT2D eigenvalue weighted by molar-refractivity contribution is -0.117. The van der Waals surface area contributed by atoms with E-state index in [-0.39, 0.29) is 30.4 Å². The van der Waals surface area contributed by atoms with Crippen LogP contribution >= 0.6 is 11.3 Å². The van der Waals surface area contributed by atoms with Gasteiger partial charge < -0.3 is 15.7 Å². The Balaban J connectivity index is 1.91. The normalized spacial score (nSPS) is 15.9. The second-order valence-electron chi connectivity index (χ2n) is 4.69. The van der Waals surface area contributed by atoms with Crippen LogP contribution in [0.25, 0.3) is 0 Å². The smallest absolute Gasteiger partial charge is 0.261 e. The number of carbonyl (C=O) groups is 2. The molecule has 5 nitrogen and oxygen atoms in total. The summed E-state index contributed by atoms with van der Waals surface area (Å²) in [7, 11) is 0. The third-order valence-electron chi connectivity index (χ3n) is 3.07. The van der Waals surface area contributed by atoms with Gasteiger partial charge in [0.25, 0.3) is 5.91 Å². The topological polar surface area (TPSA) is 78.4 Å². The molecule has 2 amide bonds. The van der Waals surface area contributed by atoms with E-state index in [9.17, 15) is 9.59 Å². The molecule has 0 bridgehead atoms. The van der Waals surface area contributed by atoms with Crippen LogP contribution in [0.15, 0.2) is 12.1 Å². The number of aliphatic hydroxyl groups is 1. The van der Waals surface area contributed by atoms with E-state index in [1.165, 1.54) is 11.3 Å². The van der Waals surface area contributed by atoms with Gasteiger partial charge in [0.1, 0.15) is 0 Å². The molecular weight excluding hydrogens is 264 g/mol. The number of carbonyl (C=O) groups excluding carboxylic acids is 2. The van der Waals surface area contributed by atoms with Gasteiger partial charge in [-0.25, -0.2) is 0 Å². The van der Waals surface area contributed by atoms with Gasteiger partial charge in [0.05, 0.1) is 22.5 Å². The van der Waals surface area contributed by atoms with Crippen LogP contribution < -0.4 is 10.6 Å². The van der Waals surface area contributed by atoms with Crippen LogP contribution in [0.1, 0.15) is 35.9 Å². The summed E-state index contributed by atoms with van der Waals surface area (Å²) < 4.78 is 0. The average molecular weight is 282 g/mol. The predicted octanol–water partition coefficient (Wildman–Crippen LogP) is 1.60. The second-order valence-corrected chi connectivity index (χ2v) is 5.77. The van der Waals surface area contributed by atoms with E-state index < -0.39 is 0 Å². The molecule has 0 radical (unpaired) electrons. The Labute approximate surface area is 116 Å². The summed E-state index contributed by atoms with van der Waals surface area (Å²) in [5.41, 5.74) is 0. The lowest BCUT2D eigenvalue weighted by Crippen LogP contribution is -2.36. The van der Waals surface area contributed by atoms with Gasteiger partial charge in [0.2, 0.25) is 5.91 Å². The molecule has 1 atom stereocenters. The predicted molar refractivity (Wildman–Crippen MR) is 74.3 cm³/mol. The van der Waals surface area contributed by atoms with Crippen LogP contribution in [0.5, 0.6) is 0 Å². The summed E-state index contributed by atoms with van der Waals surface area (Å²) in [4.78, 5) is 24.0. The Bertz CT molecular complexity index is 464. The SMILES string of the molecule is CC[C@@H](CO)NC(=O)c1ccc(NC(=O)C2CC2)s1. The van der Waals surface area contributed by atoms with Crippen LogP contribution in [-0.4, -0.2) is 29.6 Å². The van der Waals surface area contributed by atoms with Crippen molar-refractivity contribution in [1.29, 1.82) is 0 Å². The van der Waals surface area contributed by atoms with Gasteiger partial charge in [0, 0.05) is 5.92 Å². The highest BCUT2D eigenvalue weighted by molar-refractivity contribution is 7.18. The zero-order valence-electron chi connectivity index (χ0n) is 10.8. The maximum Gasteiger partial charge on any atom is 0.261 e. The minimum Gasteiger partial charge on any atom is -0.394 e. The first-order valence-electron chi connectivity index (χ1n) is 6.46. The number of hydrogen-bond acceptors (Lipinski definition) is 4. The summed E-state index contributed by atoms with van der Waals surface area (Å²) in [5.74, 6) is -0.0216. The van der Waals surface area contributed by atoms with Crippen molar-refractivity contribution in [1.82, 2.24) is 5.32 Å². The molecule has 3 N–H and O–H groups in total. The molecule has 104 valence electrons. The second kappa shape index (κ2) is 6.16. The van der Waals surface area contributed by atoms with E-state index in [0.29, 0.717) is 16.3 Å². The highest BCUT2D eigenvalue weighted by Gasteiger charge is 2.29. The van der Waals surface area contributed by atoms with Crippen molar-refractivity contribution in [2.24, 2.45) is 5.92 Å². The van der Waals surface area contributed by atoms with E-state index in [1.807, 2.05) is 6.92 Å². The number of anilines is 1. The van der Waals surface area contributed by atoms with E-state index in [0.717, 1.165) is 12.8 Å². The molecule has 1 aromatic heterocycles. The molecule has 1 aliphatic carbocycles. The van der Waals surface area contributed by atoms with Crippen LogP contribution in [0, 0.1) is 5.92 Å². The molecule has 1 aromatic rings. The first kappa shape index (κ1) is 14.0. The maximum absolute atomic E-state index is 11.9. The Hall–Kier alpha value is -1.40. The number of rotatable bonds is 6. The molecule has 1 saturated carbocycles. The quantitative estimate of drug-likeness (QED) is 0.741. The van der Waals surface area contributed by atoms with Crippen LogP contribution in [-0.2, 0) is 4.79 Å². The minimum atomic E-state index is -0.223. The number of aliphatic hydroxyl groups excluding tert-OH is 1. The summed E-state index contributed by atoms with van der Waals surface area (Å²) in [6, 6.07) is 3.20. The zero-order chi connectivity index (χ0) is 13.8. The fraction of sp³-hybridized carbons (Fsp3) is 0.538. The monoisotopic (exact) mass is 282 g/mol. The van der Waals surface area contributed by atoms with E-state index in [2.05, 4.69) is 10.6 Å². The first-order valence-corrected chi connectivity index (χ1v) is 7.28. The molecule has 6 heteroatoms.